The van der Waals surface area contributed by atoms with Crippen molar-refractivity contribution in [2.75, 3.05) is 49.7 Å². The molecule has 0 saturated carbocycles. The van der Waals surface area contributed by atoms with Gasteiger partial charge in [0.15, 0.2) is 5.17 Å². The number of carbonyl (C=O) groups excluding carboxylic acids is 1. The summed E-state index contributed by atoms with van der Waals surface area (Å²) in [4.78, 5) is 25.4. The topological polar surface area (TPSA) is 48.4 Å². The minimum Gasteiger partial charge on any atom is -0.378 e. The van der Waals surface area contributed by atoms with Crippen molar-refractivity contribution in [3.63, 3.8) is 0 Å². The Kier molecular flexibility index (Phi) is 7.12. The molecule has 2 saturated heterocycles. The third-order valence-corrected chi connectivity index (χ3v) is 8.97. The number of ether oxygens (including phenoxy) is 1. The van der Waals surface area contributed by atoms with Crippen LogP contribution in [0.1, 0.15) is 56.7 Å². The second kappa shape index (κ2) is 10.2. The minimum absolute atomic E-state index is 0.0274. The predicted molar refractivity (Wildman–Crippen MR) is 156 cm³/mol. The number of aryl methyl sites for hydroxylation is 1. The van der Waals surface area contributed by atoms with E-state index in [0.29, 0.717) is 12.5 Å². The number of likely N-dealkylation sites (N-methyl/N-ethyl adjacent to an activating group) is 1. The summed E-state index contributed by atoms with van der Waals surface area (Å²) >= 11 is 1.47. The molecule has 2 aromatic rings. The quantitative estimate of drug-likeness (QED) is 0.453. The number of hydrogen-bond acceptors (Lipinski definition) is 6. The van der Waals surface area contributed by atoms with E-state index in [2.05, 4.69) is 74.9 Å². The van der Waals surface area contributed by atoms with Crippen LogP contribution in [0.3, 0.4) is 0 Å². The number of nitrogens with zero attached hydrogens (tertiary/aromatic N) is 4. The smallest absolute Gasteiger partial charge is 0.266 e. The highest BCUT2D eigenvalue weighted by Gasteiger charge is 2.35. The van der Waals surface area contributed by atoms with Crippen LogP contribution < -0.4 is 9.80 Å². The molecule has 0 bridgehead atoms. The SMILES string of the molecule is CCN1C(=O)/C(=C/c2cc3c(cc2C)N(C)C(C)(C)CC3C)SC1=Nc1ccc(N2CCOCC2)cc1. The number of morpholine rings is 1. The van der Waals surface area contributed by atoms with E-state index in [1.807, 2.05) is 19.1 Å². The van der Waals surface area contributed by atoms with Crippen molar-refractivity contribution in [2.45, 2.75) is 52.5 Å². The molecule has 6 nitrogen and oxygen atoms in total. The Labute approximate surface area is 225 Å². The first-order valence-corrected chi connectivity index (χ1v) is 14.1. The Balaban J connectivity index is 1.41. The Morgan fingerprint density at radius 2 is 1.86 bits per heavy atom. The van der Waals surface area contributed by atoms with Gasteiger partial charge in [0, 0.05) is 43.6 Å². The Bertz CT molecular complexity index is 1240. The van der Waals surface area contributed by atoms with Crippen LogP contribution in [0.4, 0.5) is 17.1 Å². The third-order valence-electron chi connectivity index (χ3n) is 7.96. The molecule has 3 aliphatic heterocycles. The standard InChI is InChI=1S/C30H38N4O2S/c1-7-34-28(35)27(18-22-17-25-21(3)19-30(4,5)32(6)26(25)16-20(22)2)37-29(34)31-23-8-10-24(11-9-23)33-12-14-36-15-13-33/h8-11,16-18,21H,7,12-15,19H2,1-6H3/b27-18-,31-29?. The normalized spacial score (nSPS) is 23.8. The molecule has 3 aliphatic rings. The van der Waals surface area contributed by atoms with Crippen LogP contribution in [-0.2, 0) is 9.53 Å². The van der Waals surface area contributed by atoms with Gasteiger partial charge in [0.2, 0.25) is 0 Å². The minimum atomic E-state index is 0.0274. The van der Waals surface area contributed by atoms with Gasteiger partial charge in [-0.3, -0.25) is 9.69 Å². The van der Waals surface area contributed by atoms with Gasteiger partial charge in [-0.05, 0) is 111 Å². The van der Waals surface area contributed by atoms with Crippen molar-refractivity contribution in [3.05, 3.63) is 58.0 Å². The van der Waals surface area contributed by atoms with Gasteiger partial charge in [-0.2, -0.15) is 0 Å². The molecule has 0 N–H and O–H groups in total. The van der Waals surface area contributed by atoms with Crippen LogP contribution in [0.25, 0.3) is 6.08 Å². The Morgan fingerprint density at radius 1 is 1.16 bits per heavy atom. The zero-order valence-electron chi connectivity index (χ0n) is 22.9. The number of anilines is 2. The van der Waals surface area contributed by atoms with E-state index >= 15 is 0 Å². The molecule has 196 valence electrons. The molecule has 1 unspecified atom stereocenters. The average Bonchev–Trinajstić information content (AvgIpc) is 3.17. The monoisotopic (exact) mass is 518 g/mol. The summed E-state index contributed by atoms with van der Waals surface area (Å²) in [5, 5.41) is 0.739. The lowest BCUT2D eigenvalue weighted by atomic mass is 9.79. The summed E-state index contributed by atoms with van der Waals surface area (Å²) in [6, 6.07) is 12.9. The summed E-state index contributed by atoms with van der Waals surface area (Å²) in [7, 11) is 2.19. The number of hydrogen-bond donors (Lipinski definition) is 0. The second-order valence-electron chi connectivity index (χ2n) is 10.9. The number of rotatable bonds is 4. The summed E-state index contributed by atoms with van der Waals surface area (Å²) < 4.78 is 5.46. The molecule has 37 heavy (non-hydrogen) atoms. The largest absolute Gasteiger partial charge is 0.378 e. The molecule has 2 fully saturated rings. The predicted octanol–water partition coefficient (Wildman–Crippen LogP) is 6.18. The third kappa shape index (κ3) is 5.04. The molecule has 1 atom stereocenters. The number of amidine groups is 1. The van der Waals surface area contributed by atoms with E-state index in [-0.39, 0.29) is 11.4 Å². The van der Waals surface area contributed by atoms with Crippen molar-refractivity contribution < 1.29 is 9.53 Å². The van der Waals surface area contributed by atoms with Crippen molar-refractivity contribution in [2.24, 2.45) is 4.99 Å². The zero-order chi connectivity index (χ0) is 26.3. The van der Waals surface area contributed by atoms with E-state index in [4.69, 9.17) is 9.73 Å². The molecule has 0 spiro atoms. The van der Waals surface area contributed by atoms with Crippen LogP contribution in [0.2, 0.25) is 0 Å². The molecule has 1 amide bonds. The first kappa shape index (κ1) is 25.9. The van der Waals surface area contributed by atoms with Crippen LogP contribution in [0.5, 0.6) is 0 Å². The fraction of sp³-hybridized carbons (Fsp3) is 0.467. The summed E-state index contributed by atoms with van der Waals surface area (Å²) in [5.41, 5.74) is 7.12. The maximum absolute atomic E-state index is 13.3. The molecule has 0 aromatic heterocycles. The van der Waals surface area contributed by atoms with Gasteiger partial charge < -0.3 is 14.5 Å². The Morgan fingerprint density at radius 3 is 2.54 bits per heavy atom. The first-order chi connectivity index (χ1) is 17.7. The van der Waals surface area contributed by atoms with Crippen molar-refractivity contribution >= 4 is 46.0 Å². The number of carbonyl (C=O) groups is 1. The number of fused-ring (bicyclic) bond motifs is 1. The molecule has 3 heterocycles. The first-order valence-electron chi connectivity index (χ1n) is 13.3. The van der Waals surface area contributed by atoms with E-state index in [1.54, 1.807) is 4.90 Å². The molecule has 2 aromatic carbocycles. The fourth-order valence-electron chi connectivity index (χ4n) is 5.57. The fourth-order valence-corrected chi connectivity index (χ4v) is 6.62. The van der Waals surface area contributed by atoms with Crippen molar-refractivity contribution in [1.29, 1.82) is 0 Å². The Hall–Kier alpha value is -2.77. The summed E-state index contributed by atoms with van der Waals surface area (Å²) in [6.45, 7) is 15.0. The van der Waals surface area contributed by atoms with Gasteiger partial charge >= 0.3 is 0 Å². The molecule has 7 heteroatoms. The van der Waals surface area contributed by atoms with Crippen LogP contribution in [-0.4, -0.2) is 61.4 Å². The van der Waals surface area contributed by atoms with Crippen LogP contribution >= 0.6 is 11.8 Å². The van der Waals surface area contributed by atoms with Gasteiger partial charge in [-0.25, -0.2) is 4.99 Å². The molecular formula is C30H38N4O2S. The van der Waals surface area contributed by atoms with Crippen LogP contribution in [0, 0.1) is 6.92 Å². The van der Waals surface area contributed by atoms with E-state index in [0.717, 1.165) is 54.0 Å². The van der Waals surface area contributed by atoms with Gasteiger partial charge in [0.25, 0.3) is 5.91 Å². The number of thioether (sulfide) groups is 1. The highest BCUT2D eigenvalue weighted by molar-refractivity contribution is 8.18. The number of aliphatic imine (C=N–C) groups is 1. The number of amides is 1. The molecule has 5 rings (SSSR count). The van der Waals surface area contributed by atoms with Crippen molar-refractivity contribution in [3.8, 4) is 0 Å². The van der Waals surface area contributed by atoms with Gasteiger partial charge in [0.05, 0.1) is 23.8 Å². The van der Waals surface area contributed by atoms with E-state index in [1.165, 1.54) is 34.3 Å². The van der Waals surface area contributed by atoms with Crippen molar-refractivity contribution in [1.82, 2.24) is 4.90 Å². The lowest BCUT2D eigenvalue weighted by molar-refractivity contribution is -0.122. The molecular weight excluding hydrogens is 480 g/mol. The van der Waals surface area contributed by atoms with E-state index < -0.39 is 0 Å². The second-order valence-corrected chi connectivity index (χ2v) is 11.9. The van der Waals surface area contributed by atoms with Crippen LogP contribution in [0.15, 0.2) is 46.3 Å². The lowest BCUT2D eigenvalue weighted by Crippen LogP contribution is -2.45. The highest BCUT2D eigenvalue weighted by Crippen LogP contribution is 2.44. The maximum atomic E-state index is 13.3. The average molecular weight is 519 g/mol. The van der Waals surface area contributed by atoms with Gasteiger partial charge in [-0.15, -0.1) is 0 Å². The maximum Gasteiger partial charge on any atom is 0.266 e. The number of benzene rings is 2. The molecule has 0 radical (unpaired) electrons. The van der Waals surface area contributed by atoms with Gasteiger partial charge in [-0.1, -0.05) is 6.92 Å². The summed E-state index contributed by atoms with van der Waals surface area (Å²) in [6.07, 6.45) is 3.16. The zero-order valence-corrected chi connectivity index (χ0v) is 23.7. The van der Waals surface area contributed by atoms with Gasteiger partial charge in [0.1, 0.15) is 0 Å². The van der Waals surface area contributed by atoms with E-state index in [9.17, 15) is 4.79 Å². The highest BCUT2D eigenvalue weighted by atomic mass is 32.2. The summed E-state index contributed by atoms with van der Waals surface area (Å²) in [5.74, 6) is 0.496. The molecule has 0 aliphatic carbocycles. The lowest BCUT2D eigenvalue weighted by Gasteiger charge is -2.45.